The fourth-order valence-electron chi connectivity index (χ4n) is 2.39. The number of hydrogen-bond donors (Lipinski definition) is 2. The summed E-state index contributed by atoms with van der Waals surface area (Å²) in [6.07, 6.45) is -0.921. The van der Waals surface area contributed by atoms with Gasteiger partial charge in [0.25, 0.3) is 5.91 Å². The number of aryl methyl sites for hydroxylation is 1. The third kappa shape index (κ3) is 3.37. The predicted molar refractivity (Wildman–Crippen MR) is 83.9 cm³/mol. The van der Waals surface area contributed by atoms with Crippen LogP contribution in [0.25, 0.3) is 0 Å². The smallest absolute Gasteiger partial charge is 0.413 e. The van der Waals surface area contributed by atoms with Gasteiger partial charge in [0.2, 0.25) is 5.91 Å². The Labute approximate surface area is 139 Å². The largest absolute Gasteiger partial charge is 0.450 e. The first kappa shape index (κ1) is 17.5. The van der Waals surface area contributed by atoms with E-state index in [-0.39, 0.29) is 6.61 Å². The molecule has 0 bridgehead atoms. The molecular formula is C16H19N3O5. The van der Waals surface area contributed by atoms with Crippen LogP contribution in [0.1, 0.15) is 25.0 Å². The van der Waals surface area contributed by atoms with E-state index in [1.165, 1.54) is 0 Å². The summed E-state index contributed by atoms with van der Waals surface area (Å²) in [4.78, 5) is 48.5. The van der Waals surface area contributed by atoms with Gasteiger partial charge in [-0.25, -0.2) is 9.59 Å². The summed E-state index contributed by atoms with van der Waals surface area (Å²) in [5.41, 5.74) is 0.374. The molecule has 1 atom stereocenters. The number of nitrogens with one attached hydrogen (secondary N) is 2. The summed E-state index contributed by atoms with van der Waals surface area (Å²) >= 11 is 0. The van der Waals surface area contributed by atoms with Crippen molar-refractivity contribution in [1.82, 2.24) is 15.5 Å². The van der Waals surface area contributed by atoms with Gasteiger partial charge in [-0.1, -0.05) is 29.8 Å². The average Bonchev–Trinajstić information content (AvgIpc) is 2.72. The number of rotatable bonds is 4. The quantitative estimate of drug-likeness (QED) is 0.801. The first-order chi connectivity index (χ1) is 11.3. The second-order valence-corrected chi connectivity index (χ2v) is 5.58. The second-order valence-electron chi connectivity index (χ2n) is 5.58. The third-order valence-electron chi connectivity index (χ3n) is 3.72. The molecule has 1 saturated heterocycles. The van der Waals surface area contributed by atoms with E-state index in [2.05, 4.69) is 10.1 Å². The van der Waals surface area contributed by atoms with Crippen molar-refractivity contribution in [2.45, 2.75) is 26.3 Å². The minimum absolute atomic E-state index is 0.105. The first-order valence-electron chi connectivity index (χ1n) is 7.45. The standard InChI is InChI=1S/C16H19N3O5/c1-4-24-15(23)17-12(20)9-19-13(21)16(3,18-14(19)22)11-7-5-10(2)6-8-11/h5-8H,4,9H2,1-3H3,(H,18,22)(H,17,20,23)/t16-/m0/s1. The van der Waals surface area contributed by atoms with Crippen LogP contribution in [0.5, 0.6) is 0 Å². The molecule has 24 heavy (non-hydrogen) atoms. The van der Waals surface area contributed by atoms with E-state index in [4.69, 9.17) is 0 Å². The van der Waals surface area contributed by atoms with Gasteiger partial charge in [-0.15, -0.1) is 0 Å². The van der Waals surface area contributed by atoms with Gasteiger partial charge >= 0.3 is 12.1 Å². The zero-order valence-corrected chi connectivity index (χ0v) is 13.7. The van der Waals surface area contributed by atoms with Gasteiger partial charge < -0.3 is 10.1 Å². The maximum absolute atomic E-state index is 12.6. The van der Waals surface area contributed by atoms with Crippen LogP contribution >= 0.6 is 0 Å². The number of alkyl carbamates (subject to hydrolysis) is 1. The molecule has 128 valence electrons. The minimum atomic E-state index is -1.25. The SMILES string of the molecule is CCOC(=O)NC(=O)CN1C(=O)N[C@@](C)(c2ccc(C)cc2)C1=O. The number of hydrogen-bond acceptors (Lipinski definition) is 5. The molecule has 5 amide bonds. The van der Waals surface area contributed by atoms with Gasteiger partial charge in [0.1, 0.15) is 12.1 Å². The number of ether oxygens (including phenoxy) is 1. The normalized spacial score (nSPS) is 19.9. The molecule has 1 aromatic rings. The molecule has 0 spiro atoms. The molecule has 0 aliphatic carbocycles. The number of imide groups is 2. The topological polar surface area (TPSA) is 105 Å². The highest BCUT2D eigenvalue weighted by molar-refractivity contribution is 6.09. The second kappa shape index (κ2) is 6.69. The van der Waals surface area contributed by atoms with Gasteiger partial charge in [-0.05, 0) is 26.3 Å². The highest BCUT2D eigenvalue weighted by Crippen LogP contribution is 2.28. The van der Waals surface area contributed by atoms with Crippen molar-refractivity contribution < 1.29 is 23.9 Å². The molecule has 0 radical (unpaired) electrons. The van der Waals surface area contributed by atoms with E-state index in [1.54, 1.807) is 26.0 Å². The molecule has 8 nitrogen and oxygen atoms in total. The highest BCUT2D eigenvalue weighted by Gasteiger charge is 2.49. The Morgan fingerprint density at radius 3 is 2.46 bits per heavy atom. The van der Waals surface area contributed by atoms with E-state index < -0.39 is 36.0 Å². The van der Waals surface area contributed by atoms with Gasteiger partial charge in [-0.2, -0.15) is 0 Å². The van der Waals surface area contributed by atoms with Crippen LogP contribution in [0.15, 0.2) is 24.3 Å². The number of benzene rings is 1. The number of carbonyl (C=O) groups is 4. The van der Waals surface area contributed by atoms with Crippen LogP contribution in [-0.2, 0) is 19.9 Å². The Balaban J connectivity index is 2.12. The zero-order valence-electron chi connectivity index (χ0n) is 13.7. The van der Waals surface area contributed by atoms with Crippen molar-refractivity contribution in [1.29, 1.82) is 0 Å². The molecular weight excluding hydrogens is 314 g/mol. The van der Waals surface area contributed by atoms with Crippen LogP contribution in [0.4, 0.5) is 9.59 Å². The fraction of sp³-hybridized carbons (Fsp3) is 0.375. The number of carbonyl (C=O) groups excluding carboxylic acids is 4. The van der Waals surface area contributed by atoms with Crippen molar-refractivity contribution in [2.75, 3.05) is 13.2 Å². The molecule has 0 unspecified atom stereocenters. The molecule has 1 heterocycles. The average molecular weight is 333 g/mol. The number of urea groups is 1. The predicted octanol–water partition coefficient (Wildman–Crippen LogP) is 1.03. The Morgan fingerprint density at radius 2 is 1.88 bits per heavy atom. The summed E-state index contributed by atoms with van der Waals surface area (Å²) in [6.45, 7) is 4.61. The summed E-state index contributed by atoms with van der Waals surface area (Å²) in [6, 6.07) is 6.46. The number of amides is 5. The molecule has 1 fully saturated rings. The molecule has 1 aromatic carbocycles. The Morgan fingerprint density at radius 1 is 1.25 bits per heavy atom. The van der Waals surface area contributed by atoms with E-state index in [1.807, 2.05) is 24.4 Å². The van der Waals surface area contributed by atoms with Crippen LogP contribution in [0, 0.1) is 6.92 Å². The van der Waals surface area contributed by atoms with Crippen molar-refractivity contribution in [3.63, 3.8) is 0 Å². The summed E-state index contributed by atoms with van der Waals surface area (Å²) < 4.78 is 4.58. The van der Waals surface area contributed by atoms with E-state index in [9.17, 15) is 19.2 Å². The van der Waals surface area contributed by atoms with Gasteiger partial charge in [0.05, 0.1) is 6.61 Å². The van der Waals surface area contributed by atoms with Gasteiger partial charge in [0, 0.05) is 0 Å². The third-order valence-corrected chi connectivity index (χ3v) is 3.72. The maximum Gasteiger partial charge on any atom is 0.413 e. The van der Waals surface area contributed by atoms with Crippen LogP contribution in [0.2, 0.25) is 0 Å². The molecule has 1 aliphatic heterocycles. The van der Waals surface area contributed by atoms with Crippen molar-refractivity contribution in [3.8, 4) is 0 Å². The summed E-state index contributed by atoms with van der Waals surface area (Å²) in [5, 5.41) is 4.54. The minimum Gasteiger partial charge on any atom is -0.450 e. The maximum atomic E-state index is 12.6. The van der Waals surface area contributed by atoms with Crippen molar-refractivity contribution >= 4 is 23.9 Å². The van der Waals surface area contributed by atoms with E-state index >= 15 is 0 Å². The highest BCUT2D eigenvalue weighted by atomic mass is 16.5. The van der Waals surface area contributed by atoms with E-state index in [0.29, 0.717) is 5.56 Å². The molecule has 1 aliphatic rings. The van der Waals surface area contributed by atoms with Crippen LogP contribution in [0.3, 0.4) is 0 Å². The van der Waals surface area contributed by atoms with Gasteiger partial charge in [0.15, 0.2) is 0 Å². The van der Waals surface area contributed by atoms with Gasteiger partial charge in [-0.3, -0.25) is 19.8 Å². The van der Waals surface area contributed by atoms with Crippen LogP contribution in [-0.4, -0.2) is 42.0 Å². The Kier molecular flexibility index (Phi) is 4.87. The molecule has 8 heteroatoms. The summed E-state index contributed by atoms with van der Waals surface area (Å²) in [5.74, 6) is -1.36. The van der Waals surface area contributed by atoms with Crippen molar-refractivity contribution in [3.05, 3.63) is 35.4 Å². The Hall–Kier alpha value is -2.90. The molecule has 2 rings (SSSR count). The lowest BCUT2D eigenvalue weighted by Crippen LogP contribution is -2.44. The molecule has 2 N–H and O–H groups in total. The number of nitrogens with zero attached hydrogens (tertiary/aromatic N) is 1. The molecule has 0 aromatic heterocycles. The first-order valence-corrected chi connectivity index (χ1v) is 7.45. The molecule has 0 saturated carbocycles. The lowest BCUT2D eigenvalue weighted by Gasteiger charge is -2.22. The van der Waals surface area contributed by atoms with Crippen LogP contribution < -0.4 is 10.6 Å². The monoisotopic (exact) mass is 333 g/mol. The lowest BCUT2D eigenvalue weighted by molar-refractivity contribution is -0.134. The van der Waals surface area contributed by atoms with E-state index in [0.717, 1.165) is 10.5 Å². The summed E-state index contributed by atoms with van der Waals surface area (Å²) in [7, 11) is 0. The zero-order chi connectivity index (χ0) is 17.9. The van der Waals surface area contributed by atoms with Crippen molar-refractivity contribution in [2.24, 2.45) is 0 Å². The lowest BCUT2D eigenvalue weighted by atomic mass is 9.91. The fourth-order valence-corrected chi connectivity index (χ4v) is 2.39. The Bertz CT molecular complexity index is 685.